The first kappa shape index (κ1) is 20.3. The number of halogens is 2. The van der Waals surface area contributed by atoms with Gasteiger partial charge in [-0.1, -0.05) is 48.3 Å². The number of hydrogen-bond donors (Lipinski definition) is 1. The Labute approximate surface area is 174 Å². The summed E-state index contributed by atoms with van der Waals surface area (Å²) in [6.45, 7) is 4.41. The molecule has 0 bridgehead atoms. The number of benzene rings is 2. The van der Waals surface area contributed by atoms with Gasteiger partial charge < -0.3 is 9.67 Å². The van der Waals surface area contributed by atoms with Crippen LogP contribution in [0.25, 0.3) is 0 Å². The number of nitrogens with zero attached hydrogens (tertiary/aromatic N) is 2. The van der Waals surface area contributed by atoms with Crippen LogP contribution in [0.2, 0.25) is 10.0 Å². The Hall–Kier alpha value is -1.46. The smallest absolute Gasteiger partial charge is 0.0946 e. The minimum atomic E-state index is -0.869. The van der Waals surface area contributed by atoms with E-state index in [1.165, 1.54) is 0 Å². The van der Waals surface area contributed by atoms with E-state index in [9.17, 15) is 5.11 Å². The molecule has 2 aromatic carbocycles. The molecule has 0 saturated carbocycles. The molecule has 2 unspecified atom stereocenters. The number of imidazole rings is 1. The van der Waals surface area contributed by atoms with E-state index in [-0.39, 0.29) is 5.92 Å². The molecule has 1 N–H and O–H groups in total. The third kappa shape index (κ3) is 5.29. The Morgan fingerprint density at radius 1 is 1.19 bits per heavy atom. The van der Waals surface area contributed by atoms with Crippen LogP contribution < -0.4 is 0 Å². The molecule has 0 spiro atoms. The van der Waals surface area contributed by atoms with Crippen LogP contribution in [0.3, 0.4) is 0 Å². The zero-order valence-corrected chi connectivity index (χ0v) is 17.6. The highest BCUT2D eigenvalue weighted by Crippen LogP contribution is 2.32. The molecule has 3 rings (SSSR count). The van der Waals surface area contributed by atoms with Gasteiger partial charge in [0.2, 0.25) is 0 Å². The van der Waals surface area contributed by atoms with Crippen molar-refractivity contribution in [1.29, 1.82) is 0 Å². The fraction of sp³-hybridized carbons (Fsp3) is 0.286. The molecule has 1 heterocycles. The van der Waals surface area contributed by atoms with E-state index in [1.54, 1.807) is 30.4 Å². The maximum absolute atomic E-state index is 10.9. The van der Waals surface area contributed by atoms with Crippen LogP contribution in [-0.2, 0) is 12.3 Å². The Bertz CT molecular complexity index is 880. The van der Waals surface area contributed by atoms with Crippen molar-refractivity contribution in [2.75, 3.05) is 0 Å². The van der Waals surface area contributed by atoms with Crippen molar-refractivity contribution in [2.24, 2.45) is 0 Å². The van der Waals surface area contributed by atoms with Gasteiger partial charge in [0.05, 0.1) is 18.5 Å². The highest BCUT2D eigenvalue weighted by molar-refractivity contribution is 7.98. The summed E-state index contributed by atoms with van der Waals surface area (Å²) in [4.78, 5) is 5.20. The summed E-state index contributed by atoms with van der Waals surface area (Å²) in [5.74, 6) is 0.771. The van der Waals surface area contributed by atoms with Crippen LogP contribution in [0.5, 0.6) is 0 Å². The molecule has 0 fully saturated rings. The Morgan fingerprint density at radius 3 is 2.56 bits per heavy atom. The maximum Gasteiger partial charge on any atom is 0.0946 e. The van der Waals surface area contributed by atoms with E-state index >= 15 is 0 Å². The monoisotopic (exact) mass is 420 g/mol. The van der Waals surface area contributed by atoms with Crippen molar-refractivity contribution >= 4 is 35.0 Å². The summed E-state index contributed by atoms with van der Waals surface area (Å²) >= 11 is 13.9. The molecule has 0 aliphatic carbocycles. The summed E-state index contributed by atoms with van der Waals surface area (Å²) in [5.41, 5.74) is 1.30. The van der Waals surface area contributed by atoms with Gasteiger partial charge in [-0.15, -0.1) is 11.8 Å². The Kier molecular flexibility index (Phi) is 6.53. The highest BCUT2D eigenvalue weighted by Gasteiger charge is 2.30. The number of hydrogen-bond acceptors (Lipinski definition) is 3. The lowest BCUT2D eigenvalue weighted by Crippen LogP contribution is -2.35. The van der Waals surface area contributed by atoms with E-state index in [0.717, 1.165) is 21.8 Å². The average molecular weight is 421 g/mol. The van der Waals surface area contributed by atoms with Gasteiger partial charge in [0.15, 0.2) is 0 Å². The van der Waals surface area contributed by atoms with E-state index in [2.05, 4.69) is 29.2 Å². The fourth-order valence-corrected chi connectivity index (χ4v) is 4.36. The lowest BCUT2D eigenvalue weighted by Gasteiger charge is -2.31. The molecular weight excluding hydrogens is 399 g/mol. The van der Waals surface area contributed by atoms with Gasteiger partial charge in [-0.25, -0.2) is 4.98 Å². The molecule has 0 amide bonds. The van der Waals surface area contributed by atoms with Gasteiger partial charge in [-0.2, -0.15) is 0 Å². The van der Waals surface area contributed by atoms with Crippen molar-refractivity contribution in [3.63, 3.8) is 0 Å². The van der Waals surface area contributed by atoms with E-state index in [1.807, 2.05) is 36.7 Å². The van der Waals surface area contributed by atoms with Crippen molar-refractivity contribution < 1.29 is 5.11 Å². The molecule has 0 aliphatic rings. The Morgan fingerprint density at radius 2 is 1.93 bits per heavy atom. The molecule has 3 nitrogen and oxygen atoms in total. The summed E-state index contributed by atoms with van der Waals surface area (Å²) in [6.07, 6.45) is 5.31. The second-order valence-corrected chi connectivity index (χ2v) is 8.80. The van der Waals surface area contributed by atoms with Crippen molar-refractivity contribution in [1.82, 2.24) is 9.55 Å². The molecule has 2 atom stereocenters. The van der Waals surface area contributed by atoms with Gasteiger partial charge in [0.25, 0.3) is 0 Å². The number of rotatable bonds is 7. The molecule has 0 radical (unpaired) electrons. The maximum atomic E-state index is 10.9. The normalized spacial score (nSPS) is 14.7. The summed E-state index contributed by atoms with van der Waals surface area (Å²) < 4.78 is 1.90. The fourth-order valence-electron chi connectivity index (χ4n) is 2.90. The molecule has 142 valence electrons. The van der Waals surface area contributed by atoms with Crippen LogP contribution in [0.15, 0.2) is 66.1 Å². The lowest BCUT2D eigenvalue weighted by molar-refractivity contribution is 0.0188. The lowest BCUT2D eigenvalue weighted by atomic mass is 9.85. The van der Waals surface area contributed by atoms with Crippen LogP contribution in [-0.4, -0.2) is 20.3 Å². The first-order chi connectivity index (χ1) is 12.8. The van der Waals surface area contributed by atoms with Crippen LogP contribution in [0, 0.1) is 0 Å². The molecule has 3 aromatic rings. The van der Waals surface area contributed by atoms with Crippen LogP contribution >= 0.6 is 35.0 Å². The summed E-state index contributed by atoms with van der Waals surface area (Å²) in [5, 5.41) is 12.2. The molecule has 0 saturated heterocycles. The number of aliphatic hydroxyl groups is 1. The largest absolute Gasteiger partial charge is 0.388 e. The topological polar surface area (TPSA) is 38.0 Å². The molecular formula is C21H22Cl2N2OS. The third-order valence-corrected chi connectivity index (χ3v) is 6.43. The molecule has 27 heavy (non-hydrogen) atoms. The predicted molar refractivity (Wildman–Crippen MR) is 114 cm³/mol. The SMILES string of the molecule is CC(c1ccc(SCc2ccc(Cl)cc2Cl)cc1)C(C)(O)Cn1ccnc1. The highest BCUT2D eigenvalue weighted by atomic mass is 35.5. The van der Waals surface area contributed by atoms with Crippen molar-refractivity contribution in [3.8, 4) is 0 Å². The minimum Gasteiger partial charge on any atom is -0.388 e. The summed E-state index contributed by atoms with van der Waals surface area (Å²) in [7, 11) is 0. The summed E-state index contributed by atoms with van der Waals surface area (Å²) in [6, 6.07) is 13.9. The predicted octanol–water partition coefficient (Wildman–Crippen LogP) is 6.04. The second kappa shape index (κ2) is 8.70. The van der Waals surface area contributed by atoms with Crippen molar-refractivity contribution in [3.05, 3.63) is 82.4 Å². The minimum absolute atomic E-state index is 0.00957. The standard InChI is InChI=1S/C21H22Cl2N2OS/c1-15(21(2,26)13-25-10-9-24-14-25)16-4-7-19(8-5-16)27-12-17-3-6-18(22)11-20(17)23/h3-11,14-15,26H,12-13H2,1-2H3. The van der Waals surface area contributed by atoms with Gasteiger partial charge in [0.1, 0.15) is 0 Å². The van der Waals surface area contributed by atoms with E-state index < -0.39 is 5.60 Å². The molecule has 0 aliphatic heterocycles. The molecule has 6 heteroatoms. The second-order valence-electron chi connectivity index (χ2n) is 6.91. The first-order valence-corrected chi connectivity index (χ1v) is 10.4. The van der Waals surface area contributed by atoms with E-state index in [4.69, 9.17) is 23.2 Å². The zero-order chi connectivity index (χ0) is 19.4. The van der Waals surface area contributed by atoms with E-state index in [0.29, 0.717) is 16.6 Å². The van der Waals surface area contributed by atoms with Crippen molar-refractivity contribution in [2.45, 2.75) is 42.6 Å². The average Bonchev–Trinajstić information content (AvgIpc) is 3.13. The molecule has 1 aromatic heterocycles. The first-order valence-electron chi connectivity index (χ1n) is 8.70. The van der Waals surface area contributed by atoms with Gasteiger partial charge in [-0.05, 0) is 42.3 Å². The number of thioether (sulfide) groups is 1. The number of aromatic nitrogens is 2. The zero-order valence-electron chi connectivity index (χ0n) is 15.3. The van der Waals surface area contributed by atoms with Crippen LogP contribution in [0.4, 0.5) is 0 Å². The van der Waals surface area contributed by atoms with Crippen LogP contribution in [0.1, 0.15) is 30.9 Å². The van der Waals surface area contributed by atoms with Gasteiger partial charge in [0, 0.05) is 39.0 Å². The van der Waals surface area contributed by atoms with Gasteiger partial charge >= 0.3 is 0 Å². The quantitative estimate of drug-likeness (QED) is 0.473. The Balaban J connectivity index is 1.63. The van der Waals surface area contributed by atoms with Gasteiger partial charge in [-0.3, -0.25) is 0 Å². The third-order valence-electron chi connectivity index (χ3n) is 4.78.